The minimum absolute atomic E-state index is 0.182. The van der Waals surface area contributed by atoms with Crippen LogP contribution >= 0.6 is 0 Å². The SMILES string of the molecule is CCCNCc1cccc(CN(C)CCS(C)(=O)=O)n1. The minimum Gasteiger partial charge on any atom is -0.311 e. The molecule has 1 rings (SSSR count). The Hall–Kier alpha value is -0.980. The number of pyridine rings is 1. The molecule has 0 radical (unpaired) electrons. The van der Waals surface area contributed by atoms with Crippen LogP contribution in [0.4, 0.5) is 0 Å². The van der Waals surface area contributed by atoms with Crippen LogP contribution in [0.3, 0.4) is 0 Å². The molecule has 0 amide bonds. The van der Waals surface area contributed by atoms with Crippen molar-refractivity contribution < 1.29 is 8.42 Å². The number of hydrogen-bond donors (Lipinski definition) is 1. The molecule has 1 N–H and O–H groups in total. The molecule has 0 bridgehead atoms. The Morgan fingerprint density at radius 3 is 2.65 bits per heavy atom. The summed E-state index contributed by atoms with van der Waals surface area (Å²) in [5.41, 5.74) is 1.99. The number of nitrogens with one attached hydrogen (secondary N) is 1. The highest BCUT2D eigenvalue weighted by molar-refractivity contribution is 7.90. The first-order valence-electron chi connectivity index (χ1n) is 6.92. The van der Waals surface area contributed by atoms with Crippen molar-refractivity contribution in [2.24, 2.45) is 0 Å². The first kappa shape index (κ1) is 17.1. The molecule has 0 aliphatic carbocycles. The van der Waals surface area contributed by atoms with Crippen LogP contribution < -0.4 is 5.32 Å². The molecule has 0 unspecified atom stereocenters. The van der Waals surface area contributed by atoms with Gasteiger partial charge < -0.3 is 5.32 Å². The lowest BCUT2D eigenvalue weighted by atomic mass is 10.3. The quantitative estimate of drug-likeness (QED) is 0.691. The van der Waals surface area contributed by atoms with E-state index in [2.05, 4.69) is 17.2 Å². The molecule has 1 heterocycles. The molecule has 0 atom stereocenters. The van der Waals surface area contributed by atoms with E-state index in [9.17, 15) is 8.42 Å². The van der Waals surface area contributed by atoms with Gasteiger partial charge in [-0.25, -0.2) is 8.42 Å². The van der Waals surface area contributed by atoms with Crippen LogP contribution in [0.15, 0.2) is 18.2 Å². The number of aromatic nitrogens is 1. The maximum Gasteiger partial charge on any atom is 0.148 e. The summed E-state index contributed by atoms with van der Waals surface area (Å²) in [7, 11) is -0.995. The third-order valence-electron chi connectivity index (χ3n) is 2.87. The smallest absolute Gasteiger partial charge is 0.148 e. The Bertz CT molecular complexity index is 503. The van der Waals surface area contributed by atoms with Gasteiger partial charge >= 0.3 is 0 Å². The molecule has 0 saturated carbocycles. The molecule has 20 heavy (non-hydrogen) atoms. The number of sulfone groups is 1. The zero-order valence-corrected chi connectivity index (χ0v) is 13.4. The van der Waals surface area contributed by atoms with E-state index < -0.39 is 9.84 Å². The third-order valence-corrected chi connectivity index (χ3v) is 3.80. The van der Waals surface area contributed by atoms with Gasteiger partial charge in [0.05, 0.1) is 17.1 Å². The summed E-state index contributed by atoms with van der Waals surface area (Å²) >= 11 is 0. The molecule has 114 valence electrons. The highest BCUT2D eigenvalue weighted by Gasteiger charge is 2.07. The van der Waals surface area contributed by atoms with Crippen molar-refractivity contribution in [3.05, 3.63) is 29.6 Å². The van der Waals surface area contributed by atoms with Crippen molar-refractivity contribution in [3.63, 3.8) is 0 Å². The van der Waals surface area contributed by atoms with Gasteiger partial charge in [-0.05, 0) is 32.1 Å². The molecule has 0 fully saturated rings. The minimum atomic E-state index is -2.91. The lowest BCUT2D eigenvalue weighted by Crippen LogP contribution is -2.25. The van der Waals surface area contributed by atoms with Gasteiger partial charge in [0.15, 0.2) is 0 Å². The molecule has 0 aliphatic rings. The van der Waals surface area contributed by atoms with Crippen LogP contribution in [0.1, 0.15) is 24.7 Å². The van der Waals surface area contributed by atoms with Gasteiger partial charge in [-0.1, -0.05) is 13.0 Å². The van der Waals surface area contributed by atoms with Gasteiger partial charge in [-0.3, -0.25) is 9.88 Å². The monoisotopic (exact) mass is 299 g/mol. The topological polar surface area (TPSA) is 62.3 Å². The van der Waals surface area contributed by atoms with Crippen LogP contribution in [-0.4, -0.2) is 50.4 Å². The van der Waals surface area contributed by atoms with Crippen molar-refractivity contribution in [2.75, 3.05) is 32.1 Å². The predicted octanol–water partition coefficient (Wildman–Crippen LogP) is 1.06. The van der Waals surface area contributed by atoms with Gasteiger partial charge in [0.2, 0.25) is 0 Å². The van der Waals surface area contributed by atoms with Gasteiger partial charge in [0.25, 0.3) is 0 Å². The van der Waals surface area contributed by atoms with E-state index in [1.165, 1.54) is 6.26 Å². The Labute approximate surface area is 122 Å². The van der Waals surface area contributed by atoms with Gasteiger partial charge in [0.1, 0.15) is 9.84 Å². The van der Waals surface area contributed by atoms with Crippen LogP contribution in [0.5, 0.6) is 0 Å². The maximum atomic E-state index is 11.1. The summed E-state index contributed by atoms with van der Waals surface area (Å²) in [6.07, 6.45) is 2.37. The zero-order chi connectivity index (χ0) is 15.0. The normalized spacial score (nSPS) is 12.0. The van der Waals surface area contributed by atoms with E-state index in [1.54, 1.807) is 0 Å². The molecule has 6 heteroatoms. The fourth-order valence-corrected chi connectivity index (χ4v) is 2.43. The van der Waals surface area contributed by atoms with E-state index in [1.807, 2.05) is 30.1 Å². The highest BCUT2D eigenvalue weighted by Crippen LogP contribution is 2.03. The average Bonchev–Trinajstić information content (AvgIpc) is 2.36. The fraction of sp³-hybridized carbons (Fsp3) is 0.643. The summed E-state index contributed by atoms with van der Waals surface area (Å²) < 4.78 is 22.3. The lowest BCUT2D eigenvalue weighted by Gasteiger charge is -2.16. The molecule has 1 aromatic rings. The van der Waals surface area contributed by atoms with E-state index in [-0.39, 0.29) is 5.75 Å². The fourth-order valence-electron chi connectivity index (χ4n) is 1.79. The Balaban J connectivity index is 2.48. The molecule has 0 spiro atoms. The number of rotatable bonds is 9. The van der Waals surface area contributed by atoms with Gasteiger partial charge in [-0.2, -0.15) is 0 Å². The highest BCUT2D eigenvalue weighted by atomic mass is 32.2. The van der Waals surface area contributed by atoms with E-state index in [0.717, 1.165) is 30.9 Å². The van der Waals surface area contributed by atoms with E-state index >= 15 is 0 Å². The maximum absolute atomic E-state index is 11.1. The summed E-state index contributed by atoms with van der Waals surface area (Å²) in [5.74, 6) is 0.182. The standard InChI is InChI=1S/C14H25N3O2S/c1-4-8-15-11-13-6-5-7-14(16-13)12-17(2)9-10-20(3,18)19/h5-7,15H,4,8-12H2,1-3H3. The summed E-state index contributed by atoms with van der Waals surface area (Å²) in [5, 5.41) is 3.32. The Kier molecular flexibility index (Phi) is 7.12. The predicted molar refractivity (Wildman–Crippen MR) is 82.3 cm³/mol. The first-order chi connectivity index (χ1) is 9.40. The second kappa shape index (κ2) is 8.34. The lowest BCUT2D eigenvalue weighted by molar-refractivity contribution is 0.341. The summed E-state index contributed by atoms with van der Waals surface area (Å²) in [6, 6.07) is 5.97. The van der Waals surface area contributed by atoms with Crippen molar-refractivity contribution in [3.8, 4) is 0 Å². The van der Waals surface area contributed by atoms with E-state index in [0.29, 0.717) is 13.1 Å². The molecule has 1 aromatic heterocycles. The van der Waals surface area contributed by atoms with Crippen LogP contribution in [0, 0.1) is 0 Å². The third kappa shape index (κ3) is 7.57. The van der Waals surface area contributed by atoms with Crippen LogP contribution in [0.2, 0.25) is 0 Å². The molecular formula is C14H25N3O2S. The molecule has 0 saturated heterocycles. The van der Waals surface area contributed by atoms with Crippen molar-refractivity contribution >= 4 is 9.84 Å². The van der Waals surface area contributed by atoms with Crippen molar-refractivity contribution in [2.45, 2.75) is 26.4 Å². The molecule has 0 aromatic carbocycles. The first-order valence-corrected chi connectivity index (χ1v) is 8.98. The second-order valence-corrected chi connectivity index (χ2v) is 7.42. The van der Waals surface area contributed by atoms with Crippen molar-refractivity contribution in [1.29, 1.82) is 0 Å². The second-order valence-electron chi connectivity index (χ2n) is 5.16. The van der Waals surface area contributed by atoms with Crippen LogP contribution in [-0.2, 0) is 22.9 Å². The van der Waals surface area contributed by atoms with Gasteiger partial charge in [0, 0.05) is 25.9 Å². The average molecular weight is 299 g/mol. The Morgan fingerprint density at radius 1 is 1.30 bits per heavy atom. The molecule has 0 aliphatic heterocycles. The number of nitrogens with zero attached hydrogens (tertiary/aromatic N) is 2. The summed E-state index contributed by atoms with van der Waals surface area (Å²) in [6.45, 7) is 5.08. The van der Waals surface area contributed by atoms with Gasteiger partial charge in [-0.15, -0.1) is 0 Å². The zero-order valence-electron chi connectivity index (χ0n) is 12.6. The van der Waals surface area contributed by atoms with E-state index in [4.69, 9.17) is 0 Å². The molecule has 5 nitrogen and oxygen atoms in total. The molecular weight excluding hydrogens is 274 g/mol. The van der Waals surface area contributed by atoms with Crippen LogP contribution in [0.25, 0.3) is 0 Å². The number of hydrogen-bond acceptors (Lipinski definition) is 5. The Morgan fingerprint density at radius 2 is 2.00 bits per heavy atom. The van der Waals surface area contributed by atoms with Crippen molar-refractivity contribution in [1.82, 2.24) is 15.2 Å². The largest absolute Gasteiger partial charge is 0.311 e. The summed E-state index contributed by atoms with van der Waals surface area (Å²) in [4.78, 5) is 6.55.